The maximum Gasteiger partial charge on any atom is 0.416 e. The van der Waals surface area contributed by atoms with Gasteiger partial charge in [-0.05, 0) is 78.1 Å². The van der Waals surface area contributed by atoms with E-state index in [0.717, 1.165) is 43.4 Å². The molecule has 0 radical (unpaired) electrons. The predicted octanol–water partition coefficient (Wildman–Crippen LogP) is 10.0. The number of rotatable bonds is 5. The fourth-order valence-electron chi connectivity index (χ4n) is 6.20. The number of halogens is 6. The number of urea groups is 1. The third-order valence-electron chi connectivity index (χ3n) is 8.44. The molecule has 2 amide bonds. The number of hydrazone groups is 1. The van der Waals surface area contributed by atoms with Crippen molar-refractivity contribution in [2.45, 2.75) is 51.0 Å². The Balaban J connectivity index is 1.49. The number of nitrogens with zero attached hydrogens (tertiary/aromatic N) is 3. The molecule has 0 saturated heterocycles. The van der Waals surface area contributed by atoms with Gasteiger partial charge in [-0.2, -0.15) is 31.4 Å². The van der Waals surface area contributed by atoms with Gasteiger partial charge in [0.15, 0.2) is 0 Å². The van der Waals surface area contributed by atoms with Crippen molar-refractivity contribution < 1.29 is 31.1 Å². The van der Waals surface area contributed by atoms with Crippen LogP contribution >= 0.6 is 0 Å². The summed E-state index contributed by atoms with van der Waals surface area (Å²) >= 11 is 0. The minimum absolute atomic E-state index is 0.0598. The standard InChI is InChI=1S/C35H30F6N4O/c36-34(37,38)25-18-24(19-26(20-25)35(39,40)41)29-11-5-4-10-23(29)21-44-33(46)45(28-16-14-27(42)15-17-28)31-13-7-6-12-30(31)32(43-44)22-8-2-1-3-9-22/h4-7,10-20,22H,1-3,8-9,21,42H2. The average molecular weight is 637 g/mol. The lowest BCUT2D eigenvalue weighted by Gasteiger charge is -2.27. The van der Waals surface area contributed by atoms with Crippen molar-refractivity contribution in [2.75, 3.05) is 10.6 Å². The van der Waals surface area contributed by atoms with E-state index < -0.39 is 29.5 Å². The fourth-order valence-corrected chi connectivity index (χ4v) is 6.20. The molecule has 0 bridgehead atoms. The van der Waals surface area contributed by atoms with Gasteiger partial charge in [0.1, 0.15) is 0 Å². The highest BCUT2D eigenvalue weighted by Crippen LogP contribution is 2.41. The molecule has 1 saturated carbocycles. The van der Waals surface area contributed by atoms with E-state index in [4.69, 9.17) is 10.8 Å². The van der Waals surface area contributed by atoms with Crippen molar-refractivity contribution in [1.82, 2.24) is 5.01 Å². The van der Waals surface area contributed by atoms with Crippen molar-refractivity contribution in [3.05, 3.63) is 113 Å². The number of nitrogen functional groups attached to an aromatic ring is 1. The SMILES string of the molecule is Nc1ccc(N2C(=O)N(Cc3ccccc3-c3cc(C(F)(F)F)cc(C(F)(F)F)c3)N=C(C3CCCCC3)c3ccccc32)cc1. The largest absolute Gasteiger partial charge is 0.416 e. The minimum atomic E-state index is -5.00. The van der Waals surface area contributed by atoms with Crippen molar-refractivity contribution in [1.29, 1.82) is 0 Å². The Kier molecular flexibility index (Phi) is 8.26. The first-order valence-electron chi connectivity index (χ1n) is 14.9. The Labute approximate surface area is 261 Å². The highest BCUT2D eigenvalue weighted by Gasteiger charge is 2.38. The third kappa shape index (κ3) is 6.31. The molecule has 0 aromatic heterocycles. The van der Waals surface area contributed by atoms with Gasteiger partial charge in [0.2, 0.25) is 0 Å². The molecule has 1 heterocycles. The number of anilines is 3. The molecule has 2 aliphatic rings. The quantitative estimate of drug-likeness (QED) is 0.175. The Morgan fingerprint density at radius 1 is 0.739 bits per heavy atom. The summed E-state index contributed by atoms with van der Waals surface area (Å²) in [5, 5.41) is 6.19. The Morgan fingerprint density at radius 2 is 1.33 bits per heavy atom. The average Bonchev–Trinajstić information content (AvgIpc) is 3.15. The summed E-state index contributed by atoms with van der Waals surface area (Å²) in [5.41, 5.74) is 6.44. The zero-order valence-corrected chi connectivity index (χ0v) is 24.6. The monoisotopic (exact) mass is 636 g/mol. The van der Waals surface area contributed by atoms with Crippen molar-refractivity contribution in [3.63, 3.8) is 0 Å². The molecule has 4 aromatic rings. The second-order valence-electron chi connectivity index (χ2n) is 11.6. The number of fused-ring (bicyclic) bond motifs is 1. The fraction of sp³-hybridized carbons (Fsp3) is 0.257. The summed E-state index contributed by atoms with van der Waals surface area (Å²) < 4.78 is 82.5. The van der Waals surface area contributed by atoms with Crippen LogP contribution in [0, 0.1) is 5.92 Å². The van der Waals surface area contributed by atoms with Gasteiger partial charge in [-0.25, -0.2) is 9.80 Å². The van der Waals surface area contributed by atoms with Crippen molar-refractivity contribution in [3.8, 4) is 11.1 Å². The molecule has 46 heavy (non-hydrogen) atoms. The molecule has 2 N–H and O–H groups in total. The zero-order valence-electron chi connectivity index (χ0n) is 24.6. The van der Waals surface area contributed by atoms with Gasteiger partial charge < -0.3 is 5.73 Å². The number of benzene rings is 4. The van der Waals surface area contributed by atoms with Crippen LogP contribution in [0.1, 0.15) is 54.4 Å². The van der Waals surface area contributed by atoms with Crippen LogP contribution in [0.5, 0.6) is 0 Å². The lowest BCUT2D eigenvalue weighted by molar-refractivity contribution is -0.143. The van der Waals surface area contributed by atoms with E-state index in [1.807, 2.05) is 24.3 Å². The Bertz CT molecular complexity index is 1740. The zero-order chi connectivity index (χ0) is 32.6. The number of para-hydroxylation sites is 1. The molecule has 1 fully saturated rings. The highest BCUT2D eigenvalue weighted by molar-refractivity contribution is 6.13. The number of hydrogen-bond acceptors (Lipinski definition) is 3. The molecule has 11 heteroatoms. The van der Waals surface area contributed by atoms with Gasteiger partial charge in [0.25, 0.3) is 0 Å². The molecule has 5 nitrogen and oxygen atoms in total. The smallest absolute Gasteiger partial charge is 0.399 e. The molecule has 0 atom stereocenters. The molecular weight excluding hydrogens is 606 g/mol. The topological polar surface area (TPSA) is 61.9 Å². The summed E-state index contributed by atoms with van der Waals surface area (Å²) in [7, 11) is 0. The van der Waals surface area contributed by atoms with Crippen LogP contribution in [-0.4, -0.2) is 16.8 Å². The van der Waals surface area contributed by atoms with Crippen LogP contribution in [0.4, 0.5) is 48.2 Å². The van der Waals surface area contributed by atoms with E-state index in [1.54, 1.807) is 36.4 Å². The summed E-state index contributed by atoms with van der Waals surface area (Å²) in [6.45, 7) is -0.206. The predicted molar refractivity (Wildman–Crippen MR) is 165 cm³/mol. The Hall–Kier alpha value is -4.80. The minimum Gasteiger partial charge on any atom is -0.399 e. The van der Waals surface area contributed by atoms with Crippen LogP contribution < -0.4 is 10.6 Å². The van der Waals surface area contributed by atoms with Crippen molar-refractivity contribution >= 4 is 28.8 Å². The van der Waals surface area contributed by atoms with Crippen LogP contribution in [-0.2, 0) is 18.9 Å². The highest BCUT2D eigenvalue weighted by atomic mass is 19.4. The number of carbonyl (C=O) groups excluding carboxylic acids is 1. The van der Waals surface area contributed by atoms with Gasteiger partial charge >= 0.3 is 18.4 Å². The van der Waals surface area contributed by atoms with Crippen LogP contribution in [0.2, 0.25) is 0 Å². The maximum atomic E-state index is 14.5. The lowest BCUT2D eigenvalue weighted by Crippen LogP contribution is -2.37. The molecule has 0 unspecified atom stereocenters. The van der Waals surface area contributed by atoms with E-state index in [1.165, 1.54) is 22.0 Å². The lowest BCUT2D eigenvalue weighted by atomic mass is 9.83. The summed E-state index contributed by atoms with van der Waals surface area (Å²) in [6.07, 6.45) is -5.17. The number of hydrogen-bond donors (Lipinski definition) is 1. The van der Waals surface area contributed by atoms with E-state index in [2.05, 4.69) is 0 Å². The van der Waals surface area contributed by atoms with Gasteiger partial charge in [0.05, 0.1) is 34.8 Å². The van der Waals surface area contributed by atoms with Gasteiger partial charge in [-0.15, -0.1) is 0 Å². The first-order chi connectivity index (χ1) is 21.9. The van der Waals surface area contributed by atoms with Gasteiger partial charge in [0, 0.05) is 17.2 Å². The first-order valence-corrected chi connectivity index (χ1v) is 14.9. The number of alkyl halides is 6. The number of amides is 2. The van der Waals surface area contributed by atoms with Crippen molar-refractivity contribution in [2.24, 2.45) is 11.0 Å². The van der Waals surface area contributed by atoms with Crippen LogP contribution in [0.25, 0.3) is 11.1 Å². The van der Waals surface area contributed by atoms with E-state index >= 15 is 0 Å². The molecular formula is C35H30F6N4O. The van der Waals surface area contributed by atoms with E-state index in [-0.39, 0.29) is 29.7 Å². The van der Waals surface area contributed by atoms with Crippen LogP contribution in [0.3, 0.4) is 0 Å². The molecule has 1 aliphatic carbocycles. The van der Waals surface area contributed by atoms with Gasteiger partial charge in [-0.3, -0.25) is 4.90 Å². The van der Waals surface area contributed by atoms with E-state index in [0.29, 0.717) is 34.8 Å². The van der Waals surface area contributed by atoms with Gasteiger partial charge in [-0.1, -0.05) is 61.7 Å². The number of carbonyl (C=O) groups is 1. The summed E-state index contributed by atoms with van der Waals surface area (Å²) in [6, 6.07) is 21.4. The second kappa shape index (κ2) is 12.2. The Morgan fingerprint density at radius 3 is 1.96 bits per heavy atom. The first kappa shape index (κ1) is 31.2. The molecule has 238 valence electrons. The molecule has 4 aromatic carbocycles. The second-order valence-corrected chi connectivity index (χ2v) is 11.6. The molecule has 6 rings (SSSR count). The summed E-state index contributed by atoms with van der Waals surface area (Å²) in [4.78, 5) is 16.0. The molecule has 1 aliphatic heterocycles. The number of nitrogens with two attached hydrogens (primary N) is 1. The van der Waals surface area contributed by atoms with E-state index in [9.17, 15) is 31.1 Å². The van der Waals surface area contributed by atoms with Crippen LogP contribution in [0.15, 0.2) is 96.1 Å². The molecule has 0 spiro atoms. The maximum absolute atomic E-state index is 14.5. The third-order valence-corrected chi connectivity index (χ3v) is 8.44. The summed E-state index contributed by atoms with van der Waals surface area (Å²) in [5.74, 6) is 0.0598. The normalized spacial score (nSPS) is 16.2.